The second kappa shape index (κ2) is 9.80. The maximum Gasteiger partial charge on any atom is 0.203 e. The number of hydrogen-bond acceptors (Lipinski definition) is 6. The molecule has 1 fully saturated rings. The van der Waals surface area contributed by atoms with Crippen molar-refractivity contribution in [1.29, 1.82) is 0 Å². The zero-order valence-corrected chi connectivity index (χ0v) is 17.3. The Morgan fingerprint density at radius 3 is 2.47 bits per heavy atom. The van der Waals surface area contributed by atoms with E-state index in [1.165, 1.54) is 5.39 Å². The molecule has 0 aromatic heterocycles. The molecule has 0 unspecified atom stereocenters. The fourth-order valence-corrected chi connectivity index (χ4v) is 3.62. The number of ether oxygens (including phenoxy) is 5. The number of benzene rings is 3. The van der Waals surface area contributed by atoms with Crippen LogP contribution in [0.5, 0.6) is 17.2 Å². The first-order valence-corrected chi connectivity index (χ1v) is 10.1. The summed E-state index contributed by atoms with van der Waals surface area (Å²) in [4.78, 5) is 0. The first kappa shape index (κ1) is 20.5. The van der Waals surface area contributed by atoms with Crippen molar-refractivity contribution >= 4 is 10.8 Å². The number of methoxy groups -OCH3 is 2. The molecule has 1 saturated heterocycles. The maximum atomic E-state index is 6.13. The van der Waals surface area contributed by atoms with Crippen molar-refractivity contribution in [3.8, 4) is 17.2 Å². The summed E-state index contributed by atoms with van der Waals surface area (Å²) in [5.74, 6) is 1.92. The molecule has 1 aliphatic rings. The lowest BCUT2D eigenvalue weighted by Crippen LogP contribution is -2.31. The van der Waals surface area contributed by atoms with Gasteiger partial charge in [0.25, 0.3) is 0 Å². The van der Waals surface area contributed by atoms with Crippen molar-refractivity contribution in [2.75, 3.05) is 40.5 Å². The van der Waals surface area contributed by atoms with Crippen LogP contribution in [-0.4, -0.2) is 46.6 Å². The molecule has 3 aromatic carbocycles. The SMILES string of the molecule is COc1cccc(OC)c1OCCNC[C@H]1CO[C@H](c2cccc3ccccc23)O1. The molecule has 0 radical (unpaired) electrons. The third-order valence-corrected chi connectivity index (χ3v) is 5.11. The molecule has 0 saturated carbocycles. The van der Waals surface area contributed by atoms with Gasteiger partial charge in [-0.2, -0.15) is 0 Å². The summed E-state index contributed by atoms with van der Waals surface area (Å²) in [6.45, 7) is 2.40. The zero-order chi connectivity index (χ0) is 20.8. The van der Waals surface area contributed by atoms with Gasteiger partial charge in [-0.1, -0.05) is 48.5 Å². The lowest BCUT2D eigenvalue weighted by atomic mass is 10.0. The minimum atomic E-state index is -0.336. The zero-order valence-electron chi connectivity index (χ0n) is 17.3. The quantitative estimate of drug-likeness (QED) is 0.540. The van der Waals surface area contributed by atoms with Gasteiger partial charge in [0.05, 0.1) is 26.9 Å². The van der Waals surface area contributed by atoms with E-state index in [1.54, 1.807) is 14.2 Å². The molecule has 0 aliphatic carbocycles. The molecule has 30 heavy (non-hydrogen) atoms. The minimum absolute atomic E-state index is 0.00485. The standard InChI is InChI=1S/C24H27NO5/c1-26-21-11-6-12-22(27-2)23(21)28-14-13-25-15-18-16-29-24(30-18)20-10-5-8-17-7-3-4-9-19(17)20/h3-12,18,24-25H,13-16H2,1-2H3/t18-,24-/m0/s1. The molecule has 6 heteroatoms. The Morgan fingerprint density at radius 1 is 0.933 bits per heavy atom. The van der Waals surface area contributed by atoms with Gasteiger partial charge in [-0.25, -0.2) is 0 Å². The molecule has 0 bridgehead atoms. The second-order valence-corrected chi connectivity index (χ2v) is 7.04. The van der Waals surface area contributed by atoms with Crippen LogP contribution in [0.4, 0.5) is 0 Å². The van der Waals surface area contributed by atoms with Crippen molar-refractivity contribution < 1.29 is 23.7 Å². The topological polar surface area (TPSA) is 58.2 Å². The highest BCUT2D eigenvalue weighted by Gasteiger charge is 2.28. The van der Waals surface area contributed by atoms with Crippen LogP contribution < -0.4 is 19.5 Å². The largest absolute Gasteiger partial charge is 0.493 e. The molecule has 1 N–H and O–H groups in total. The first-order chi connectivity index (χ1) is 14.8. The summed E-state index contributed by atoms with van der Waals surface area (Å²) < 4.78 is 28.6. The van der Waals surface area contributed by atoms with Gasteiger partial charge in [0.15, 0.2) is 17.8 Å². The summed E-state index contributed by atoms with van der Waals surface area (Å²) in [6, 6.07) is 20.1. The number of hydrogen-bond donors (Lipinski definition) is 1. The number of fused-ring (bicyclic) bond motifs is 1. The van der Waals surface area contributed by atoms with Crippen molar-refractivity contribution in [2.24, 2.45) is 0 Å². The fourth-order valence-electron chi connectivity index (χ4n) is 3.62. The molecule has 2 atom stereocenters. The van der Waals surface area contributed by atoms with Gasteiger partial charge in [-0.3, -0.25) is 0 Å². The third kappa shape index (κ3) is 4.51. The number of rotatable bonds is 9. The molecule has 0 amide bonds. The van der Waals surface area contributed by atoms with E-state index in [0.29, 0.717) is 43.6 Å². The second-order valence-electron chi connectivity index (χ2n) is 7.04. The van der Waals surface area contributed by atoms with Crippen molar-refractivity contribution in [3.05, 3.63) is 66.2 Å². The Morgan fingerprint density at radius 2 is 1.67 bits per heavy atom. The molecule has 1 aliphatic heterocycles. The predicted octanol–water partition coefficient (Wildman–Crippen LogP) is 3.94. The van der Waals surface area contributed by atoms with Crippen molar-refractivity contribution in [3.63, 3.8) is 0 Å². The minimum Gasteiger partial charge on any atom is -0.493 e. The van der Waals surface area contributed by atoms with Gasteiger partial charge < -0.3 is 29.0 Å². The lowest BCUT2D eigenvalue weighted by molar-refractivity contribution is -0.0585. The number of para-hydroxylation sites is 1. The normalized spacial score (nSPS) is 18.5. The molecule has 158 valence electrons. The molecule has 3 aromatic rings. The molecule has 6 nitrogen and oxygen atoms in total. The Kier molecular flexibility index (Phi) is 6.69. The molecular formula is C24H27NO5. The monoisotopic (exact) mass is 409 g/mol. The van der Waals surface area contributed by atoms with Crippen LogP contribution >= 0.6 is 0 Å². The third-order valence-electron chi connectivity index (χ3n) is 5.11. The van der Waals surface area contributed by atoms with Gasteiger partial charge in [-0.05, 0) is 22.9 Å². The van der Waals surface area contributed by atoms with Gasteiger partial charge >= 0.3 is 0 Å². The van der Waals surface area contributed by atoms with Crippen LogP contribution in [0.25, 0.3) is 10.8 Å². The van der Waals surface area contributed by atoms with E-state index in [4.69, 9.17) is 23.7 Å². The Balaban J connectivity index is 1.26. The van der Waals surface area contributed by atoms with Crippen LogP contribution in [0.1, 0.15) is 11.9 Å². The lowest BCUT2D eigenvalue weighted by Gasteiger charge is -2.16. The van der Waals surface area contributed by atoms with E-state index in [0.717, 1.165) is 10.9 Å². The van der Waals surface area contributed by atoms with E-state index in [9.17, 15) is 0 Å². The highest BCUT2D eigenvalue weighted by molar-refractivity contribution is 5.85. The number of nitrogens with one attached hydrogen (secondary N) is 1. The van der Waals surface area contributed by atoms with Gasteiger partial charge in [-0.15, -0.1) is 0 Å². The van der Waals surface area contributed by atoms with E-state index >= 15 is 0 Å². The molecule has 4 rings (SSSR count). The van der Waals surface area contributed by atoms with Crippen molar-refractivity contribution in [1.82, 2.24) is 5.32 Å². The van der Waals surface area contributed by atoms with E-state index in [-0.39, 0.29) is 12.4 Å². The molecule has 0 spiro atoms. The van der Waals surface area contributed by atoms with Gasteiger partial charge in [0.1, 0.15) is 6.61 Å². The summed E-state index contributed by atoms with van der Waals surface area (Å²) in [7, 11) is 3.23. The Hall–Kier alpha value is -2.80. The predicted molar refractivity (Wildman–Crippen MR) is 115 cm³/mol. The smallest absolute Gasteiger partial charge is 0.203 e. The van der Waals surface area contributed by atoms with Crippen LogP contribution in [0.15, 0.2) is 60.7 Å². The van der Waals surface area contributed by atoms with E-state index in [1.807, 2.05) is 36.4 Å². The average Bonchev–Trinajstić information content (AvgIpc) is 3.27. The van der Waals surface area contributed by atoms with Crippen LogP contribution in [-0.2, 0) is 9.47 Å². The summed E-state index contributed by atoms with van der Waals surface area (Å²) >= 11 is 0. The molecular weight excluding hydrogens is 382 g/mol. The van der Waals surface area contributed by atoms with Gasteiger partial charge in [0, 0.05) is 18.7 Å². The first-order valence-electron chi connectivity index (χ1n) is 10.1. The highest BCUT2D eigenvalue weighted by atomic mass is 16.7. The van der Waals surface area contributed by atoms with Crippen LogP contribution in [0, 0.1) is 0 Å². The van der Waals surface area contributed by atoms with Crippen LogP contribution in [0.3, 0.4) is 0 Å². The molecule has 1 heterocycles. The average molecular weight is 409 g/mol. The van der Waals surface area contributed by atoms with Crippen molar-refractivity contribution in [2.45, 2.75) is 12.4 Å². The Labute approximate surface area is 176 Å². The summed E-state index contributed by atoms with van der Waals surface area (Å²) in [5, 5.41) is 5.72. The maximum absolute atomic E-state index is 6.13. The van der Waals surface area contributed by atoms with Gasteiger partial charge in [0.2, 0.25) is 5.75 Å². The Bertz CT molecular complexity index is 949. The fraction of sp³-hybridized carbons (Fsp3) is 0.333. The highest BCUT2D eigenvalue weighted by Crippen LogP contribution is 2.36. The summed E-state index contributed by atoms with van der Waals surface area (Å²) in [5.41, 5.74) is 1.07. The summed E-state index contributed by atoms with van der Waals surface area (Å²) in [6.07, 6.45) is -0.341. The van der Waals surface area contributed by atoms with E-state index in [2.05, 4.69) is 29.6 Å². The van der Waals surface area contributed by atoms with Crippen LogP contribution in [0.2, 0.25) is 0 Å². The van der Waals surface area contributed by atoms with E-state index < -0.39 is 0 Å².